The summed E-state index contributed by atoms with van der Waals surface area (Å²) >= 11 is 6.08. The van der Waals surface area contributed by atoms with Gasteiger partial charge in [0.1, 0.15) is 11.7 Å². The van der Waals surface area contributed by atoms with E-state index in [1.54, 1.807) is 12.3 Å². The van der Waals surface area contributed by atoms with Crippen LogP contribution in [-0.2, 0) is 11.2 Å². The number of rotatable bonds is 7. The number of carbonyl (C=O) groups is 2. The van der Waals surface area contributed by atoms with Crippen LogP contribution in [0, 0.1) is 5.92 Å². The van der Waals surface area contributed by atoms with Gasteiger partial charge in [-0.15, -0.1) is 0 Å². The monoisotopic (exact) mass is 532 g/mol. The lowest BCUT2D eigenvalue weighted by molar-refractivity contribution is -0.135. The second-order valence-electron chi connectivity index (χ2n) is 10.8. The lowest BCUT2D eigenvalue weighted by atomic mass is 9.84. The van der Waals surface area contributed by atoms with E-state index < -0.39 is 6.04 Å². The van der Waals surface area contributed by atoms with E-state index in [1.165, 1.54) is 32.1 Å². The maximum atomic E-state index is 13.8. The highest BCUT2D eigenvalue weighted by Crippen LogP contribution is 2.29. The molecule has 38 heavy (non-hydrogen) atoms. The fourth-order valence-corrected chi connectivity index (χ4v) is 6.11. The predicted octanol–water partition coefficient (Wildman–Crippen LogP) is 5.34. The molecule has 1 saturated heterocycles. The second kappa shape index (κ2) is 12.3. The molecule has 5 rings (SSSR count). The normalized spacial score (nSPS) is 18.7. The van der Waals surface area contributed by atoms with Crippen LogP contribution < -0.4 is 5.32 Å². The maximum absolute atomic E-state index is 13.8. The Morgan fingerprint density at radius 3 is 2.37 bits per heavy atom. The number of benzene rings is 2. The number of aromatic nitrogens is 1. The molecule has 2 atom stereocenters. The van der Waals surface area contributed by atoms with Crippen molar-refractivity contribution < 1.29 is 9.59 Å². The van der Waals surface area contributed by atoms with Gasteiger partial charge in [-0.25, -0.2) is 0 Å². The lowest BCUT2D eigenvalue weighted by Gasteiger charge is -2.42. The molecule has 7 heteroatoms. The van der Waals surface area contributed by atoms with Gasteiger partial charge in [-0.2, -0.15) is 0 Å². The molecule has 1 N–H and O–H groups in total. The fraction of sp³-hybridized carbons (Fsp3) is 0.452. The van der Waals surface area contributed by atoms with E-state index in [0.29, 0.717) is 36.3 Å². The number of hydrogen-bond donors (Lipinski definition) is 1. The molecule has 1 aliphatic heterocycles. The molecule has 1 aliphatic carbocycles. The third-order valence-electron chi connectivity index (χ3n) is 8.35. The van der Waals surface area contributed by atoms with Crippen LogP contribution in [0.5, 0.6) is 0 Å². The Kier molecular flexibility index (Phi) is 8.60. The number of nitrogens with one attached hydrogen (secondary N) is 1. The van der Waals surface area contributed by atoms with E-state index in [-0.39, 0.29) is 11.8 Å². The minimum Gasteiger partial charge on any atom is -0.339 e. The number of halogens is 1. The largest absolute Gasteiger partial charge is 0.339 e. The minimum absolute atomic E-state index is 0.0425. The molecule has 1 saturated carbocycles. The standard InChI is InChI=1S/C31H37ClN4O2/c1-22(24-7-3-2-4-8-24)35-15-17-36(18-16-35)31(38)29(19-23-11-13-27(32)14-12-23)34-30(37)28-20-25-9-5-6-10-26(25)21-33-28/h5-6,9-14,20-22,24,29H,2-4,7-8,15-19H2,1H3,(H,34,37). The van der Waals surface area contributed by atoms with E-state index in [4.69, 9.17) is 11.6 Å². The van der Waals surface area contributed by atoms with E-state index in [0.717, 1.165) is 35.3 Å². The first-order valence-electron chi connectivity index (χ1n) is 13.9. The van der Waals surface area contributed by atoms with Crippen LogP contribution in [0.25, 0.3) is 10.8 Å². The highest BCUT2D eigenvalue weighted by Gasteiger charge is 2.32. The molecule has 0 bridgehead atoms. The van der Waals surface area contributed by atoms with Crippen molar-refractivity contribution in [1.29, 1.82) is 0 Å². The summed E-state index contributed by atoms with van der Waals surface area (Å²) in [6, 6.07) is 16.9. The molecule has 2 aromatic carbocycles. The number of fused-ring (bicyclic) bond motifs is 1. The van der Waals surface area contributed by atoms with E-state index in [9.17, 15) is 9.59 Å². The average molecular weight is 533 g/mol. The van der Waals surface area contributed by atoms with Crippen LogP contribution in [0.1, 0.15) is 55.1 Å². The van der Waals surface area contributed by atoms with E-state index in [1.807, 2.05) is 53.4 Å². The summed E-state index contributed by atoms with van der Waals surface area (Å²) in [5, 5.41) is 5.56. The van der Waals surface area contributed by atoms with Gasteiger partial charge in [0.25, 0.3) is 5.91 Å². The first-order chi connectivity index (χ1) is 18.5. The SMILES string of the molecule is CC(C1CCCCC1)N1CCN(C(=O)C(Cc2ccc(Cl)cc2)NC(=O)c2cc3ccccc3cn2)CC1. The van der Waals surface area contributed by atoms with Crippen molar-refractivity contribution in [2.24, 2.45) is 5.92 Å². The molecular weight excluding hydrogens is 496 g/mol. The quantitative estimate of drug-likeness (QED) is 0.446. The first-order valence-corrected chi connectivity index (χ1v) is 14.3. The summed E-state index contributed by atoms with van der Waals surface area (Å²) < 4.78 is 0. The van der Waals surface area contributed by atoms with Crippen LogP contribution in [-0.4, -0.2) is 64.9 Å². The molecule has 0 spiro atoms. The van der Waals surface area contributed by atoms with Crippen LogP contribution in [0.4, 0.5) is 0 Å². The first kappa shape index (κ1) is 26.6. The van der Waals surface area contributed by atoms with Gasteiger partial charge in [-0.05, 0) is 54.8 Å². The van der Waals surface area contributed by atoms with Gasteiger partial charge in [-0.3, -0.25) is 19.5 Å². The Balaban J connectivity index is 1.28. The summed E-state index contributed by atoms with van der Waals surface area (Å²) in [5.74, 6) is 0.379. The number of hydrogen-bond acceptors (Lipinski definition) is 4. The van der Waals surface area contributed by atoms with Crippen molar-refractivity contribution in [3.05, 3.63) is 77.1 Å². The molecule has 2 fully saturated rings. The Hall–Kier alpha value is -2.96. The Bertz CT molecular complexity index is 1250. The third-order valence-corrected chi connectivity index (χ3v) is 8.61. The fourth-order valence-electron chi connectivity index (χ4n) is 5.98. The van der Waals surface area contributed by atoms with Gasteiger partial charge in [0.15, 0.2) is 0 Å². The second-order valence-corrected chi connectivity index (χ2v) is 11.2. The van der Waals surface area contributed by atoms with Crippen LogP contribution in [0.2, 0.25) is 5.02 Å². The van der Waals surface area contributed by atoms with Gasteiger partial charge in [0, 0.05) is 55.2 Å². The summed E-state index contributed by atoms with van der Waals surface area (Å²) in [7, 11) is 0. The number of carbonyl (C=O) groups excluding carboxylic acids is 2. The molecular formula is C31H37ClN4O2. The van der Waals surface area contributed by atoms with E-state index in [2.05, 4.69) is 22.1 Å². The topological polar surface area (TPSA) is 65.5 Å². The number of pyridine rings is 1. The molecule has 3 aromatic rings. The van der Waals surface area contributed by atoms with Gasteiger partial charge >= 0.3 is 0 Å². The Morgan fingerprint density at radius 1 is 0.974 bits per heavy atom. The molecule has 2 unspecified atom stereocenters. The van der Waals surface area contributed by atoms with Crippen molar-refractivity contribution >= 4 is 34.2 Å². The highest BCUT2D eigenvalue weighted by molar-refractivity contribution is 6.30. The third kappa shape index (κ3) is 6.36. The molecule has 2 heterocycles. The zero-order chi connectivity index (χ0) is 26.5. The molecule has 200 valence electrons. The van der Waals surface area contributed by atoms with Gasteiger partial charge in [0.05, 0.1) is 0 Å². The summed E-state index contributed by atoms with van der Waals surface area (Å²) in [5.41, 5.74) is 1.26. The van der Waals surface area contributed by atoms with Gasteiger partial charge < -0.3 is 10.2 Å². The zero-order valence-electron chi connectivity index (χ0n) is 22.1. The molecule has 1 aromatic heterocycles. The zero-order valence-corrected chi connectivity index (χ0v) is 22.9. The number of amides is 2. The molecule has 0 radical (unpaired) electrons. The van der Waals surface area contributed by atoms with Crippen LogP contribution in [0.15, 0.2) is 60.8 Å². The lowest BCUT2D eigenvalue weighted by Crippen LogP contribution is -2.57. The van der Waals surface area contributed by atoms with Gasteiger partial charge in [-0.1, -0.05) is 67.3 Å². The number of nitrogens with zero attached hydrogens (tertiary/aromatic N) is 3. The van der Waals surface area contributed by atoms with Gasteiger partial charge in [0.2, 0.25) is 5.91 Å². The van der Waals surface area contributed by atoms with Crippen molar-refractivity contribution in [3.63, 3.8) is 0 Å². The summed E-state index contributed by atoms with van der Waals surface area (Å²) in [6.07, 6.45) is 8.77. The summed E-state index contributed by atoms with van der Waals surface area (Å²) in [4.78, 5) is 35.9. The Morgan fingerprint density at radius 2 is 1.66 bits per heavy atom. The average Bonchev–Trinajstić information content (AvgIpc) is 2.97. The smallest absolute Gasteiger partial charge is 0.270 e. The summed E-state index contributed by atoms with van der Waals surface area (Å²) in [6.45, 7) is 5.45. The molecule has 2 aliphatic rings. The Labute approximate surface area is 230 Å². The van der Waals surface area contributed by atoms with Crippen molar-refractivity contribution in [2.45, 2.75) is 57.5 Å². The highest BCUT2D eigenvalue weighted by atomic mass is 35.5. The van der Waals surface area contributed by atoms with E-state index >= 15 is 0 Å². The molecule has 6 nitrogen and oxygen atoms in total. The van der Waals surface area contributed by atoms with Crippen LogP contribution in [0.3, 0.4) is 0 Å². The number of piperazine rings is 1. The van der Waals surface area contributed by atoms with Crippen LogP contribution >= 0.6 is 11.6 Å². The van der Waals surface area contributed by atoms with Crippen molar-refractivity contribution in [2.75, 3.05) is 26.2 Å². The predicted molar refractivity (Wildman–Crippen MR) is 152 cm³/mol. The minimum atomic E-state index is -0.681. The van der Waals surface area contributed by atoms with Crippen molar-refractivity contribution in [1.82, 2.24) is 20.1 Å². The van der Waals surface area contributed by atoms with Crippen molar-refractivity contribution in [3.8, 4) is 0 Å². The molecule has 2 amide bonds. The maximum Gasteiger partial charge on any atom is 0.270 e.